The highest BCUT2D eigenvalue weighted by Gasteiger charge is 2.14. The molecule has 2 aromatic rings. The molecule has 0 spiro atoms. The summed E-state index contributed by atoms with van der Waals surface area (Å²) in [5.41, 5.74) is 2.10. The lowest BCUT2D eigenvalue weighted by Crippen LogP contribution is -2.39. The summed E-state index contributed by atoms with van der Waals surface area (Å²) >= 11 is 0. The minimum atomic E-state index is 0.258. The van der Waals surface area contributed by atoms with Crippen molar-refractivity contribution in [1.29, 1.82) is 0 Å². The molecule has 8 nitrogen and oxygen atoms in total. The van der Waals surface area contributed by atoms with E-state index >= 15 is 0 Å². The van der Waals surface area contributed by atoms with Gasteiger partial charge in [-0.05, 0) is 18.6 Å². The van der Waals surface area contributed by atoms with Gasteiger partial charge in [-0.15, -0.1) is 0 Å². The minimum absolute atomic E-state index is 0.258. The number of benzene rings is 1. The van der Waals surface area contributed by atoms with Gasteiger partial charge in [0.05, 0.1) is 12.2 Å². The standard InChI is InChI=1S/C19H26N4O4/c1-4-15-14(16(5-2)27-23-15)11-22-19(20-3)21-8-9-24-13-6-7-17-18(10-13)26-12-25-17/h6-7,10H,4-5,8-9,11-12H2,1-3H3,(H2,20,21,22). The van der Waals surface area contributed by atoms with Crippen LogP contribution in [0, 0.1) is 0 Å². The van der Waals surface area contributed by atoms with Crippen molar-refractivity contribution in [2.24, 2.45) is 4.99 Å². The van der Waals surface area contributed by atoms with Gasteiger partial charge in [-0.3, -0.25) is 4.99 Å². The molecule has 1 aromatic carbocycles. The number of guanidine groups is 1. The van der Waals surface area contributed by atoms with E-state index in [1.165, 1.54) is 0 Å². The minimum Gasteiger partial charge on any atom is -0.492 e. The maximum atomic E-state index is 5.74. The van der Waals surface area contributed by atoms with Crippen molar-refractivity contribution < 1.29 is 18.7 Å². The highest BCUT2D eigenvalue weighted by Crippen LogP contribution is 2.34. The van der Waals surface area contributed by atoms with Gasteiger partial charge in [0, 0.05) is 31.6 Å². The predicted octanol–water partition coefficient (Wildman–Crippen LogP) is 2.27. The molecule has 0 bridgehead atoms. The van der Waals surface area contributed by atoms with E-state index < -0.39 is 0 Å². The van der Waals surface area contributed by atoms with Crippen LogP contribution < -0.4 is 24.8 Å². The number of fused-ring (bicyclic) bond motifs is 1. The molecule has 1 aliphatic heterocycles. The molecule has 0 saturated carbocycles. The third-order valence-electron chi connectivity index (χ3n) is 4.27. The van der Waals surface area contributed by atoms with E-state index in [2.05, 4.69) is 34.6 Å². The Hall–Kier alpha value is -2.90. The van der Waals surface area contributed by atoms with Gasteiger partial charge in [0.15, 0.2) is 17.5 Å². The number of hydrogen-bond acceptors (Lipinski definition) is 6. The molecule has 0 saturated heterocycles. The van der Waals surface area contributed by atoms with Crippen molar-refractivity contribution in [2.45, 2.75) is 33.2 Å². The molecule has 1 aromatic heterocycles. The summed E-state index contributed by atoms with van der Waals surface area (Å²) in [6, 6.07) is 5.55. The first-order chi connectivity index (χ1) is 13.2. The Bertz CT molecular complexity index is 767. The predicted molar refractivity (Wildman–Crippen MR) is 102 cm³/mol. The van der Waals surface area contributed by atoms with Gasteiger partial charge < -0.3 is 29.4 Å². The zero-order chi connectivity index (χ0) is 19.1. The quantitative estimate of drug-likeness (QED) is 0.416. The largest absolute Gasteiger partial charge is 0.492 e. The van der Waals surface area contributed by atoms with Crippen LogP contribution in [0.5, 0.6) is 17.2 Å². The number of aliphatic imine (C=N–C) groups is 1. The van der Waals surface area contributed by atoms with E-state index in [-0.39, 0.29) is 6.79 Å². The van der Waals surface area contributed by atoms with Crippen LogP contribution in [0.25, 0.3) is 0 Å². The van der Waals surface area contributed by atoms with E-state index in [4.69, 9.17) is 18.7 Å². The summed E-state index contributed by atoms with van der Waals surface area (Å²) in [7, 11) is 1.74. The van der Waals surface area contributed by atoms with Crippen LogP contribution in [0.1, 0.15) is 30.9 Å². The van der Waals surface area contributed by atoms with Gasteiger partial charge in [0.1, 0.15) is 18.1 Å². The lowest BCUT2D eigenvalue weighted by atomic mass is 10.1. The molecule has 2 heterocycles. The molecule has 0 radical (unpaired) electrons. The molecule has 0 amide bonds. The van der Waals surface area contributed by atoms with Crippen molar-refractivity contribution in [2.75, 3.05) is 27.0 Å². The molecule has 3 rings (SSSR count). The monoisotopic (exact) mass is 374 g/mol. The average molecular weight is 374 g/mol. The summed E-state index contributed by atoms with van der Waals surface area (Å²) in [4.78, 5) is 4.24. The molecule has 8 heteroatoms. The van der Waals surface area contributed by atoms with Crippen molar-refractivity contribution in [3.05, 3.63) is 35.2 Å². The number of aryl methyl sites for hydroxylation is 2. The summed E-state index contributed by atoms with van der Waals surface area (Å²) in [5, 5.41) is 10.7. The number of nitrogens with zero attached hydrogens (tertiary/aromatic N) is 2. The first kappa shape index (κ1) is 18.9. The first-order valence-corrected chi connectivity index (χ1v) is 9.18. The highest BCUT2D eigenvalue weighted by atomic mass is 16.7. The van der Waals surface area contributed by atoms with Gasteiger partial charge in [0.2, 0.25) is 6.79 Å². The van der Waals surface area contributed by atoms with Gasteiger partial charge in [-0.1, -0.05) is 19.0 Å². The van der Waals surface area contributed by atoms with E-state index in [9.17, 15) is 0 Å². The van der Waals surface area contributed by atoms with Crippen molar-refractivity contribution in [3.8, 4) is 17.2 Å². The van der Waals surface area contributed by atoms with Crippen LogP contribution in [-0.2, 0) is 19.4 Å². The normalized spacial score (nSPS) is 12.9. The third kappa shape index (κ3) is 4.64. The SMILES string of the molecule is CCc1noc(CC)c1CNC(=NC)NCCOc1ccc2c(c1)OCO2. The van der Waals surface area contributed by atoms with Crippen LogP contribution >= 0.6 is 0 Å². The van der Waals surface area contributed by atoms with Crippen LogP contribution in [0.2, 0.25) is 0 Å². The van der Waals surface area contributed by atoms with Crippen molar-refractivity contribution in [3.63, 3.8) is 0 Å². The molecular weight excluding hydrogens is 348 g/mol. The Morgan fingerprint density at radius 1 is 1.19 bits per heavy atom. The van der Waals surface area contributed by atoms with E-state index in [1.54, 1.807) is 7.05 Å². The zero-order valence-electron chi connectivity index (χ0n) is 16.0. The summed E-state index contributed by atoms with van der Waals surface area (Å²) < 4.78 is 21.8. The van der Waals surface area contributed by atoms with E-state index in [0.717, 1.165) is 41.4 Å². The smallest absolute Gasteiger partial charge is 0.231 e. The van der Waals surface area contributed by atoms with Crippen LogP contribution in [0.4, 0.5) is 0 Å². The molecule has 0 unspecified atom stereocenters. The first-order valence-electron chi connectivity index (χ1n) is 9.18. The van der Waals surface area contributed by atoms with Gasteiger partial charge >= 0.3 is 0 Å². The second kappa shape index (κ2) is 9.16. The van der Waals surface area contributed by atoms with Crippen LogP contribution in [-0.4, -0.2) is 38.1 Å². The molecule has 0 fully saturated rings. The van der Waals surface area contributed by atoms with Gasteiger partial charge in [-0.2, -0.15) is 0 Å². The Kier molecular flexibility index (Phi) is 6.40. The lowest BCUT2D eigenvalue weighted by molar-refractivity contribution is 0.173. The molecule has 0 atom stereocenters. The van der Waals surface area contributed by atoms with E-state index in [0.29, 0.717) is 31.4 Å². The molecule has 27 heavy (non-hydrogen) atoms. The Balaban J connectivity index is 1.44. The van der Waals surface area contributed by atoms with Crippen LogP contribution in [0.3, 0.4) is 0 Å². The molecule has 1 aliphatic rings. The molecule has 0 aliphatic carbocycles. The third-order valence-corrected chi connectivity index (χ3v) is 4.27. The van der Waals surface area contributed by atoms with Crippen molar-refractivity contribution in [1.82, 2.24) is 15.8 Å². The molecule has 146 valence electrons. The van der Waals surface area contributed by atoms with Crippen LogP contribution in [0.15, 0.2) is 27.7 Å². The van der Waals surface area contributed by atoms with Gasteiger partial charge in [-0.25, -0.2) is 0 Å². The van der Waals surface area contributed by atoms with Crippen molar-refractivity contribution >= 4 is 5.96 Å². The highest BCUT2D eigenvalue weighted by molar-refractivity contribution is 5.79. The second-order valence-electron chi connectivity index (χ2n) is 5.95. The van der Waals surface area contributed by atoms with Gasteiger partial charge in [0.25, 0.3) is 0 Å². The number of aromatic nitrogens is 1. The van der Waals surface area contributed by atoms with E-state index in [1.807, 2.05) is 18.2 Å². The number of rotatable bonds is 8. The average Bonchev–Trinajstić information content (AvgIpc) is 3.33. The second-order valence-corrected chi connectivity index (χ2v) is 5.95. The fourth-order valence-corrected chi connectivity index (χ4v) is 2.84. The number of hydrogen-bond donors (Lipinski definition) is 2. The Morgan fingerprint density at radius 2 is 2.04 bits per heavy atom. The fraction of sp³-hybridized carbons (Fsp3) is 0.474. The topological polar surface area (TPSA) is 90.1 Å². The number of nitrogens with one attached hydrogen (secondary N) is 2. The Labute approximate surface area is 158 Å². The zero-order valence-corrected chi connectivity index (χ0v) is 16.0. The summed E-state index contributed by atoms with van der Waals surface area (Å²) in [5.74, 6) is 3.83. The maximum absolute atomic E-state index is 5.74. The summed E-state index contributed by atoms with van der Waals surface area (Å²) in [6.45, 7) is 6.12. The molecule has 2 N–H and O–H groups in total. The fourth-order valence-electron chi connectivity index (χ4n) is 2.84. The Morgan fingerprint density at radius 3 is 2.81 bits per heavy atom. The number of ether oxygens (including phenoxy) is 3. The summed E-state index contributed by atoms with van der Waals surface area (Å²) in [6.07, 6.45) is 1.66. The molecular formula is C19H26N4O4. The lowest BCUT2D eigenvalue weighted by Gasteiger charge is -2.13. The maximum Gasteiger partial charge on any atom is 0.231 e.